The fourth-order valence-electron chi connectivity index (χ4n) is 4.86. The molecule has 17 heteroatoms. The minimum Gasteiger partial charge on any atom is -0.394 e. The Hall–Kier alpha value is -0.290. The van der Waals surface area contributed by atoms with Gasteiger partial charge in [0.15, 0.2) is 18.9 Å². The smallest absolute Gasteiger partial charge is 0.176 e. The molecule has 15 atom stereocenters. The number of nitrogens with two attached hydrogens (primary N) is 2. The summed E-state index contributed by atoms with van der Waals surface area (Å²) in [6, 6.07) is -3.53. The van der Waals surface area contributed by atoms with Crippen LogP contribution in [0, 0.1) is 0 Å². The van der Waals surface area contributed by atoms with Crippen LogP contribution in [0.3, 0.4) is 0 Å². The molecule has 3 heterocycles. The van der Waals surface area contributed by atoms with Gasteiger partial charge >= 0.3 is 0 Å². The highest BCUT2D eigenvalue weighted by Gasteiger charge is 2.53. The zero-order valence-electron chi connectivity index (χ0n) is 21.6. The van der Waals surface area contributed by atoms with Gasteiger partial charge in [-0.2, -0.15) is 11.8 Å². The van der Waals surface area contributed by atoms with Crippen LogP contribution in [0.25, 0.3) is 0 Å². The molecule has 3 aliphatic heterocycles. The lowest BCUT2D eigenvalue weighted by atomic mass is 9.94. The minimum absolute atomic E-state index is 0.407. The molecule has 3 saturated heterocycles. The summed E-state index contributed by atoms with van der Waals surface area (Å²) in [6.45, 7) is -1.52. The highest BCUT2D eigenvalue weighted by molar-refractivity contribution is 7.98. The van der Waals surface area contributed by atoms with Gasteiger partial charge in [0.1, 0.15) is 54.9 Å². The number of rotatable bonds is 12. The second kappa shape index (κ2) is 15.3. The molecule has 13 N–H and O–H groups in total. The van der Waals surface area contributed by atoms with Crippen molar-refractivity contribution in [2.75, 3.05) is 38.4 Å². The first-order valence-electron chi connectivity index (χ1n) is 12.8. The Balaban J connectivity index is 1.82. The molecular formula is C22H43N3O13S. The summed E-state index contributed by atoms with van der Waals surface area (Å²) in [5.41, 5.74) is 11.8. The van der Waals surface area contributed by atoms with Gasteiger partial charge < -0.3 is 81.3 Å². The Kier molecular flexibility index (Phi) is 13.0. The van der Waals surface area contributed by atoms with Crippen LogP contribution in [-0.2, 0) is 23.7 Å². The minimum atomic E-state index is -1.55. The third-order valence-corrected chi connectivity index (χ3v) is 7.89. The van der Waals surface area contributed by atoms with Gasteiger partial charge in [-0.15, -0.1) is 0 Å². The van der Waals surface area contributed by atoms with Gasteiger partial charge in [0.05, 0.1) is 37.9 Å². The van der Waals surface area contributed by atoms with Gasteiger partial charge in [-0.05, 0) is 25.0 Å². The summed E-state index contributed by atoms with van der Waals surface area (Å²) in [5.74, 6) is 0.809. The maximum Gasteiger partial charge on any atom is 0.176 e. The lowest BCUT2D eigenvalue weighted by Crippen LogP contribution is -2.70. The fourth-order valence-corrected chi connectivity index (χ4v) is 5.29. The van der Waals surface area contributed by atoms with Crippen molar-refractivity contribution in [1.29, 1.82) is 0 Å². The van der Waals surface area contributed by atoms with Crippen molar-refractivity contribution in [3.63, 3.8) is 0 Å². The quantitative estimate of drug-likeness (QED) is 0.0944. The first-order chi connectivity index (χ1) is 18.6. The molecule has 16 nitrogen and oxygen atoms in total. The summed E-state index contributed by atoms with van der Waals surface area (Å²) >= 11 is 1.62. The molecule has 2 unspecified atom stereocenters. The van der Waals surface area contributed by atoms with Gasteiger partial charge in [-0.1, -0.05) is 0 Å². The van der Waals surface area contributed by atoms with Gasteiger partial charge in [0, 0.05) is 0 Å². The molecule has 0 spiro atoms. The zero-order valence-corrected chi connectivity index (χ0v) is 22.4. The number of aliphatic hydroxyl groups is 8. The van der Waals surface area contributed by atoms with E-state index in [1.807, 2.05) is 6.26 Å². The van der Waals surface area contributed by atoms with E-state index in [0.29, 0.717) is 13.0 Å². The average molecular weight is 590 g/mol. The summed E-state index contributed by atoms with van der Waals surface area (Å²) in [7, 11) is 0. The number of ether oxygens (including phenoxy) is 5. The normalized spacial score (nSPS) is 47.3. The van der Waals surface area contributed by atoms with Crippen molar-refractivity contribution < 1.29 is 64.5 Å². The molecular weight excluding hydrogens is 546 g/mol. The first kappa shape index (κ1) is 33.2. The largest absolute Gasteiger partial charge is 0.394 e. The zero-order chi connectivity index (χ0) is 28.9. The predicted molar refractivity (Wildman–Crippen MR) is 134 cm³/mol. The Morgan fingerprint density at radius 2 is 1.28 bits per heavy atom. The Bertz CT molecular complexity index is 731. The van der Waals surface area contributed by atoms with Crippen LogP contribution in [0.15, 0.2) is 0 Å². The van der Waals surface area contributed by atoms with Crippen molar-refractivity contribution in [2.45, 2.75) is 98.4 Å². The van der Waals surface area contributed by atoms with E-state index in [-0.39, 0.29) is 0 Å². The van der Waals surface area contributed by atoms with Crippen molar-refractivity contribution in [3.05, 3.63) is 0 Å². The maximum absolute atomic E-state index is 11.4. The second-order valence-electron chi connectivity index (χ2n) is 9.84. The number of aliphatic hydroxyl groups excluding tert-OH is 8. The molecule has 39 heavy (non-hydrogen) atoms. The van der Waals surface area contributed by atoms with E-state index in [2.05, 4.69) is 5.32 Å². The highest BCUT2D eigenvalue weighted by atomic mass is 32.2. The van der Waals surface area contributed by atoms with Gasteiger partial charge in [0.25, 0.3) is 0 Å². The van der Waals surface area contributed by atoms with Crippen LogP contribution >= 0.6 is 11.8 Å². The lowest BCUT2D eigenvalue weighted by molar-refractivity contribution is -0.350. The fraction of sp³-hybridized carbons (Fsp3) is 1.00. The molecule has 0 aromatic rings. The highest BCUT2D eigenvalue weighted by Crippen LogP contribution is 2.31. The van der Waals surface area contributed by atoms with Crippen molar-refractivity contribution in [2.24, 2.45) is 11.5 Å². The van der Waals surface area contributed by atoms with E-state index in [0.717, 1.165) is 5.75 Å². The van der Waals surface area contributed by atoms with E-state index >= 15 is 0 Å². The van der Waals surface area contributed by atoms with E-state index in [1.165, 1.54) is 0 Å². The SMILES string of the molecule is CSCCCN[C@H]1[C@H](OC2[C@@H](CO)O[C@@H](O)[C@H](N)[C@H]2O)O[C@H](CO)C(O[C@@H]2O[C@H](CO)[C@@H](O)[C@H](O)[C@H]2N)[C@@H]1O. The molecule has 0 amide bonds. The molecule has 3 fully saturated rings. The van der Waals surface area contributed by atoms with Crippen molar-refractivity contribution in [3.8, 4) is 0 Å². The second-order valence-corrected chi connectivity index (χ2v) is 10.8. The first-order valence-corrected chi connectivity index (χ1v) is 14.2. The van der Waals surface area contributed by atoms with Crippen LogP contribution in [-0.4, -0.2) is 171 Å². The third kappa shape index (κ3) is 7.57. The molecule has 0 bridgehead atoms. The van der Waals surface area contributed by atoms with Crippen LogP contribution in [0.5, 0.6) is 0 Å². The molecule has 0 radical (unpaired) electrons. The summed E-state index contributed by atoms with van der Waals surface area (Å²) in [4.78, 5) is 0. The Morgan fingerprint density at radius 3 is 1.90 bits per heavy atom. The molecule has 3 rings (SSSR count). The molecule has 0 aromatic heterocycles. The Labute approximate surface area is 230 Å². The predicted octanol–water partition coefficient (Wildman–Crippen LogP) is -6.29. The summed E-state index contributed by atoms with van der Waals surface area (Å²) in [5, 5.41) is 84.8. The van der Waals surface area contributed by atoms with Gasteiger partial charge in [0.2, 0.25) is 0 Å². The number of hydrogen-bond acceptors (Lipinski definition) is 17. The third-order valence-electron chi connectivity index (χ3n) is 7.19. The van der Waals surface area contributed by atoms with Crippen LogP contribution < -0.4 is 16.8 Å². The molecule has 230 valence electrons. The van der Waals surface area contributed by atoms with E-state index in [9.17, 15) is 40.9 Å². The van der Waals surface area contributed by atoms with E-state index < -0.39 is 112 Å². The maximum atomic E-state index is 11.4. The van der Waals surface area contributed by atoms with Gasteiger partial charge in [-0.3, -0.25) is 0 Å². The van der Waals surface area contributed by atoms with E-state index in [4.69, 9.17) is 35.2 Å². The summed E-state index contributed by atoms with van der Waals surface area (Å²) < 4.78 is 28.5. The molecule has 3 aliphatic rings. The van der Waals surface area contributed by atoms with Crippen molar-refractivity contribution in [1.82, 2.24) is 5.32 Å². The van der Waals surface area contributed by atoms with Crippen molar-refractivity contribution >= 4 is 11.8 Å². The van der Waals surface area contributed by atoms with Crippen LogP contribution in [0.1, 0.15) is 6.42 Å². The van der Waals surface area contributed by atoms with Crippen LogP contribution in [0.2, 0.25) is 0 Å². The van der Waals surface area contributed by atoms with Gasteiger partial charge in [-0.25, -0.2) is 0 Å². The topological polar surface area (TPSA) is 272 Å². The summed E-state index contributed by atoms with van der Waals surface area (Å²) in [6.07, 6.45) is -13.6. The number of hydrogen-bond donors (Lipinski definition) is 11. The van der Waals surface area contributed by atoms with E-state index in [1.54, 1.807) is 11.8 Å². The Morgan fingerprint density at radius 1 is 0.718 bits per heavy atom. The average Bonchev–Trinajstić information content (AvgIpc) is 2.93. The molecule has 0 aliphatic carbocycles. The molecule has 0 saturated carbocycles. The monoisotopic (exact) mass is 589 g/mol. The number of nitrogens with one attached hydrogen (secondary N) is 1. The lowest BCUT2D eigenvalue weighted by Gasteiger charge is -2.49. The standard InChI is InChI=1S/C22H43N3O13S/c1-39-4-2-3-25-13-17(32)19(37-21-12(24)15(30)14(29)8(5-26)35-21)10(7-28)36-22(13)38-18-9(6-27)34-20(33)11(23)16(18)31/h8-22,25-33H,2-7,23-24H2,1H3/t8-,9-,10-,11-,12-,13-,14-,15-,16-,17-,18?,19?,20-,21+,22+/m1/s1. The number of thioether (sulfide) groups is 1. The molecule has 0 aromatic carbocycles. The van der Waals surface area contributed by atoms with Crippen LogP contribution in [0.4, 0.5) is 0 Å².